The first-order valence-electron chi connectivity index (χ1n) is 4.49. The van der Waals surface area contributed by atoms with Crippen molar-refractivity contribution in [2.24, 2.45) is 11.3 Å². The zero-order valence-electron chi connectivity index (χ0n) is 8.77. The quantitative estimate of drug-likeness (QED) is 0.624. The van der Waals surface area contributed by atoms with Crippen LogP contribution in [-0.4, -0.2) is 11.5 Å². The summed E-state index contributed by atoms with van der Waals surface area (Å²) in [5.74, 6) is 0.824. The lowest BCUT2D eigenvalue weighted by molar-refractivity contribution is 0.224. The van der Waals surface area contributed by atoms with Crippen LogP contribution in [0, 0.1) is 11.3 Å². The van der Waals surface area contributed by atoms with Crippen LogP contribution < -0.4 is 0 Å². The van der Waals surface area contributed by atoms with Gasteiger partial charge in [0.1, 0.15) is 0 Å². The normalized spacial score (nSPS) is 18.0. The van der Waals surface area contributed by atoms with E-state index in [9.17, 15) is 0 Å². The molecule has 0 N–H and O–H groups in total. The highest BCUT2D eigenvalue weighted by Gasteiger charge is 2.29. The molecule has 1 heteroatoms. The van der Waals surface area contributed by atoms with Crippen LogP contribution in [0.5, 0.6) is 0 Å². The van der Waals surface area contributed by atoms with Gasteiger partial charge in [-0.25, -0.2) is 0 Å². The molecule has 0 aromatic heterocycles. The monoisotopic (exact) mass is 174 g/mol. The molecule has 2 atom stereocenters. The molecule has 0 aliphatic heterocycles. The van der Waals surface area contributed by atoms with Crippen LogP contribution in [0.2, 0.25) is 0 Å². The summed E-state index contributed by atoms with van der Waals surface area (Å²) in [7, 11) is 0. The van der Waals surface area contributed by atoms with Gasteiger partial charge in [-0.05, 0) is 17.6 Å². The number of rotatable bonds is 4. The van der Waals surface area contributed by atoms with E-state index < -0.39 is 0 Å². The third kappa shape index (κ3) is 2.70. The smallest absolute Gasteiger partial charge is 0.00696 e. The van der Waals surface area contributed by atoms with Crippen LogP contribution in [-0.2, 0) is 0 Å². The van der Waals surface area contributed by atoms with E-state index in [2.05, 4.69) is 40.9 Å². The second-order valence-corrected chi connectivity index (χ2v) is 5.19. The molecule has 0 saturated heterocycles. The Morgan fingerprint density at radius 3 is 2.00 bits per heavy atom. The molecule has 0 saturated carbocycles. The highest BCUT2D eigenvalue weighted by molar-refractivity contribution is 7.99. The van der Waals surface area contributed by atoms with Crippen molar-refractivity contribution in [3.8, 4) is 0 Å². The molecule has 0 radical (unpaired) electrons. The van der Waals surface area contributed by atoms with Crippen LogP contribution >= 0.6 is 11.8 Å². The van der Waals surface area contributed by atoms with E-state index >= 15 is 0 Å². The van der Waals surface area contributed by atoms with E-state index in [4.69, 9.17) is 0 Å². The highest BCUT2D eigenvalue weighted by Crippen LogP contribution is 2.37. The fourth-order valence-electron chi connectivity index (χ4n) is 1.23. The maximum Gasteiger partial charge on any atom is 0.00696 e. The highest BCUT2D eigenvalue weighted by atomic mass is 32.2. The summed E-state index contributed by atoms with van der Waals surface area (Å²) in [5.41, 5.74) is 0.480. The van der Waals surface area contributed by atoms with Gasteiger partial charge in [-0.3, -0.25) is 0 Å². The molecule has 0 fully saturated rings. The van der Waals surface area contributed by atoms with Crippen molar-refractivity contribution in [1.29, 1.82) is 0 Å². The van der Waals surface area contributed by atoms with Crippen molar-refractivity contribution >= 4 is 11.8 Å². The van der Waals surface area contributed by atoms with E-state index in [1.165, 1.54) is 6.42 Å². The van der Waals surface area contributed by atoms with Gasteiger partial charge in [0, 0.05) is 5.25 Å². The Labute approximate surface area is 76.1 Å². The summed E-state index contributed by atoms with van der Waals surface area (Å²) in [5, 5.41) is 0.762. The average molecular weight is 174 g/mol. The van der Waals surface area contributed by atoms with Gasteiger partial charge in [-0.15, -0.1) is 0 Å². The Hall–Kier alpha value is 0.350. The van der Waals surface area contributed by atoms with Crippen LogP contribution in [0.15, 0.2) is 0 Å². The third-order valence-electron chi connectivity index (χ3n) is 3.28. The molecular formula is C10H22S. The second-order valence-electron chi connectivity index (χ2n) is 4.01. The van der Waals surface area contributed by atoms with Crippen LogP contribution in [0.1, 0.15) is 41.0 Å². The molecule has 0 bridgehead atoms. The average Bonchev–Trinajstić information content (AvgIpc) is 2.01. The predicted octanol–water partition coefficient (Wildman–Crippen LogP) is 3.81. The van der Waals surface area contributed by atoms with E-state index in [0.717, 1.165) is 11.2 Å². The minimum Gasteiger partial charge on any atom is -0.162 e. The molecule has 0 aliphatic carbocycles. The Kier molecular flexibility index (Phi) is 4.53. The van der Waals surface area contributed by atoms with Gasteiger partial charge in [0.2, 0.25) is 0 Å². The fourth-order valence-corrected chi connectivity index (χ4v) is 2.07. The summed E-state index contributed by atoms with van der Waals surface area (Å²) in [4.78, 5) is 0. The van der Waals surface area contributed by atoms with Gasteiger partial charge in [-0.1, -0.05) is 41.0 Å². The molecule has 0 amide bonds. The van der Waals surface area contributed by atoms with Crippen LogP contribution in [0.4, 0.5) is 0 Å². The van der Waals surface area contributed by atoms with Crippen molar-refractivity contribution in [2.45, 2.75) is 46.3 Å². The Morgan fingerprint density at radius 1 is 1.27 bits per heavy atom. The third-order valence-corrected chi connectivity index (χ3v) is 4.60. The summed E-state index contributed by atoms with van der Waals surface area (Å²) < 4.78 is 0. The Morgan fingerprint density at radius 2 is 1.73 bits per heavy atom. The van der Waals surface area contributed by atoms with Gasteiger partial charge in [0.05, 0.1) is 0 Å². The van der Waals surface area contributed by atoms with E-state index in [-0.39, 0.29) is 0 Å². The van der Waals surface area contributed by atoms with Crippen molar-refractivity contribution in [3.05, 3.63) is 0 Å². The minimum atomic E-state index is 0.480. The van der Waals surface area contributed by atoms with E-state index in [0.29, 0.717) is 5.41 Å². The Balaban J connectivity index is 4.18. The van der Waals surface area contributed by atoms with Gasteiger partial charge >= 0.3 is 0 Å². The lowest BCUT2D eigenvalue weighted by Crippen LogP contribution is -2.30. The molecule has 0 aliphatic rings. The molecule has 0 nitrogen and oxygen atoms in total. The van der Waals surface area contributed by atoms with E-state index in [1.807, 2.05) is 11.8 Å². The van der Waals surface area contributed by atoms with Crippen LogP contribution in [0.25, 0.3) is 0 Å². The molecule has 0 aromatic carbocycles. The van der Waals surface area contributed by atoms with Crippen molar-refractivity contribution in [2.75, 3.05) is 6.26 Å². The first kappa shape index (κ1) is 11.4. The largest absolute Gasteiger partial charge is 0.162 e. The lowest BCUT2D eigenvalue weighted by atomic mass is 9.76. The van der Waals surface area contributed by atoms with E-state index in [1.54, 1.807) is 0 Å². The summed E-state index contributed by atoms with van der Waals surface area (Å²) in [6.07, 6.45) is 3.49. The number of thioether (sulfide) groups is 1. The SMILES string of the molecule is CCC(C)C(C)(C)[C@@H](C)SC. The van der Waals surface area contributed by atoms with Gasteiger partial charge in [0.25, 0.3) is 0 Å². The lowest BCUT2D eigenvalue weighted by Gasteiger charge is -2.36. The first-order valence-corrected chi connectivity index (χ1v) is 5.78. The minimum absolute atomic E-state index is 0.480. The maximum atomic E-state index is 2.38. The zero-order valence-corrected chi connectivity index (χ0v) is 9.59. The number of hydrogen-bond donors (Lipinski definition) is 0. The molecule has 1 unspecified atom stereocenters. The summed E-state index contributed by atoms with van der Waals surface area (Å²) >= 11 is 1.98. The van der Waals surface area contributed by atoms with Gasteiger partial charge in [-0.2, -0.15) is 11.8 Å². The molecule has 0 aromatic rings. The second kappa shape index (κ2) is 4.39. The van der Waals surface area contributed by atoms with Crippen molar-refractivity contribution in [3.63, 3.8) is 0 Å². The van der Waals surface area contributed by atoms with Gasteiger partial charge in [0.15, 0.2) is 0 Å². The first-order chi connectivity index (χ1) is 4.96. The molecule has 0 rings (SSSR count). The van der Waals surface area contributed by atoms with Crippen molar-refractivity contribution < 1.29 is 0 Å². The summed E-state index contributed by atoms with van der Waals surface area (Å²) in [6, 6.07) is 0. The number of hydrogen-bond acceptors (Lipinski definition) is 1. The standard InChI is InChI=1S/C10H22S/c1-7-8(2)10(4,5)9(3)11-6/h8-9H,7H2,1-6H3/t8?,9-/m1/s1. The predicted molar refractivity (Wildman–Crippen MR) is 56.2 cm³/mol. The molecule has 68 valence electrons. The van der Waals surface area contributed by atoms with Gasteiger partial charge < -0.3 is 0 Å². The van der Waals surface area contributed by atoms with Crippen molar-refractivity contribution in [1.82, 2.24) is 0 Å². The fraction of sp³-hybridized carbons (Fsp3) is 1.00. The van der Waals surface area contributed by atoms with Crippen LogP contribution in [0.3, 0.4) is 0 Å². The molecular weight excluding hydrogens is 152 g/mol. The topological polar surface area (TPSA) is 0 Å². The zero-order chi connectivity index (χ0) is 9.07. The molecule has 0 heterocycles. The maximum absolute atomic E-state index is 2.38. The Bertz CT molecular complexity index is 95.4. The summed E-state index contributed by atoms with van der Waals surface area (Å²) in [6.45, 7) is 11.7. The molecule has 11 heavy (non-hydrogen) atoms. The molecule has 0 spiro atoms.